The van der Waals surface area contributed by atoms with Gasteiger partial charge in [0.05, 0.1) is 23.6 Å². The van der Waals surface area contributed by atoms with Crippen molar-refractivity contribution in [3.8, 4) is 0 Å². The smallest absolute Gasteiger partial charge is 0.0703 e. The van der Waals surface area contributed by atoms with Crippen molar-refractivity contribution < 1.29 is 0 Å². The summed E-state index contributed by atoms with van der Waals surface area (Å²) in [6.45, 7) is 5.20. The lowest BCUT2D eigenvalue weighted by molar-refractivity contribution is 0.561. The van der Waals surface area contributed by atoms with Gasteiger partial charge in [-0.15, -0.1) is 0 Å². The molecule has 3 nitrogen and oxygen atoms in total. The number of allylic oxidation sites excluding steroid dienone is 3. The van der Waals surface area contributed by atoms with Crippen molar-refractivity contribution in [3.05, 3.63) is 53.6 Å². The number of pyridine rings is 1. The molecule has 0 radical (unpaired) electrons. The first-order valence-corrected chi connectivity index (χ1v) is 6.84. The molecule has 3 rings (SSSR count). The Balaban J connectivity index is 1.74. The van der Waals surface area contributed by atoms with Crippen LogP contribution in [0.2, 0.25) is 0 Å². The molecular formula is C16H19N3. The Hall–Kier alpha value is -1.90. The summed E-state index contributed by atoms with van der Waals surface area (Å²) in [6.07, 6.45) is 7.31. The molecule has 19 heavy (non-hydrogen) atoms. The summed E-state index contributed by atoms with van der Waals surface area (Å²) >= 11 is 0. The Morgan fingerprint density at radius 2 is 2.26 bits per heavy atom. The number of rotatable bonds is 3. The molecule has 1 aliphatic carbocycles. The van der Waals surface area contributed by atoms with Gasteiger partial charge < -0.3 is 5.32 Å². The van der Waals surface area contributed by atoms with Crippen LogP contribution in [-0.4, -0.2) is 10.7 Å². The topological polar surface area (TPSA) is 37.3 Å². The lowest BCUT2D eigenvalue weighted by Crippen LogP contribution is -2.30. The van der Waals surface area contributed by atoms with Crippen molar-refractivity contribution in [2.45, 2.75) is 26.8 Å². The first-order chi connectivity index (χ1) is 9.24. The summed E-state index contributed by atoms with van der Waals surface area (Å²) in [7, 11) is 0. The van der Waals surface area contributed by atoms with Gasteiger partial charge in [0.1, 0.15) is 0 Å². The summed E-state index contributed by atoms with van der Waals surface area (Å²) in [5.74, 6) is 1.10. The number of nitrogens with zero attached hydrogens (tertiary/aromatic N) is 2. The number of hydrogen-bond acceptors (Lipinski definition) is 3. The van der Waals surface area contributed by atoms with Crippen LogP contribution in [0.5, 0.6) is 0 Å². The molecule has 0 bridgehead atoms. The van der Waals surface area contributed by atoms with Crippen LogP contribution in [0.4, 0.5) is 0 Å². The second kappa shape index (κ2) is 5.00. The Kier molecular flexibility index (Phi) is 3.20. The zero-order valence-electron chi connectivity index (χ0n) is 11.4. The van der Waals surface area contributed by atoms with Gasteiger partial charge >= 0.3 is 0 Å². The van der Waals surface area contributed by atoms with Crippen LogP contribution in [0.15, 0.2) is 52.9 Å². The van der Waals surface area contributed by atoms with E-state index in [-0.39, 0.29) is 0 Å². The maximum absolute atomic E-state index is 4.57. The Bertz CT molecular complexity index is 555. The monoisotopic (exact) mass is 253 g/mol. The van der Waals surface area contributed by atoms with E-state index in [2.05, 4.69) is 35.2 Å². The Morgan fingerprint density at radius 3 is 3.05 bits per heavy atom. The normalized spacial score (nSPS) is 25.3. The van der Waals surface area contributed by atoms with Crippen molar-refractivity contribution in [1.82, 2.24) is 10.3 Å². The van der Waals surface area contributed by atoms with Gasteiger partial charge in [0, 0.05) is 18.3 Å². The lowest BCUT2D eigenvalue weighted by atomic mass is 9.81. The third kappa shape index (κ3) is 2.46. The van der Waals surface area contributed by atoms with E-state index >= 15 is 0 Å². The van der Waals surface area contributed by atoms with E-state index in [0.29, 0.717) is 11.8 Å². The third-order valence-electron chi connectivity index (χ3n) is 3.81. The average Bonchev–Trinajstić information content (AvgIpc) is 2.79. The molecule has 98 valence electrons. The maximum Gasteiger partial charge on any atom is 0.0703 e. The van der Waals surface area contributed by atoms with Gasteiger partial charge in [0.15, 0.2) is 0 Å². The molecule has 0 saturated heterocycles. The maximum atomic E-state index is 4.57. The fourth-order valence-electron chi connectivity index (χ4n) is 2.77. The molecule has 1 aromatic rings. The second-order valence-electron chi connectivity index (χ2n) is 5.41. The van der Waals surface area contributed by atoms with Gasteiger partial charge in [-0.3, -0.25) is 9.98 Å². The molecule has 0 amide bonds. The van der Waals surface area contributed by atoms with E-state index in [0.717, 1.165) is 12.2 Å². The molecule has 0 aromatic carbocycles. The Labute approximate surface area is 114 Å². The minimum absolute atomic E-state index is 0.506. The van der Waals surface area contributed by atoms with Crippen LogP contribution in [0.3, 0.4) is 0 Å². The predicted molar refractivity (Wildman–Crippen MR) is 77.6 cm³/mol. The van der Waals surface area contributed by atoms with Crippen LogP contribution in [0, 0.1) is 11.8 Å². The van der Waals surface area contributed by atoms with Crippen LogP contribution >= 0.6 is 0 Å². The van der Waals surface area contributed by atoms with Crippen molar-refractivity contribution in [2.24, 2.45) is 16.8 Å². The molecule has 3 heteroatoms. The van der Waals surface area contributed by atoms with Crippen molar-refractivity contribution in [2.75, 3.05) is 0 Å². The van der Waals surface area contributed by atoms with Gasteiger partial charge in [0.25, 0.3) is 0 Å². The quantitative estimate of drug-likeness (QED) is 0.899. The van der Waals surface area contributed by atoms with Gasteiger partial charge in [-0.05, 0) is 37.0 Å². The molecule has 1 N–H and O–H groups in total. The van der Waals surface area contributed by atoms with Crippen LogP contribution < -0.4 is 5.32 Å². The van der Waals surface area contributed by atoms with Crippen LogP contribution in [0.1, 0.15) is 26.0 Å². The first kappa shape index (κ1) is 12.2. The number of fused-ring (bicyclic) bond motifs is 1. The molecule has 2 unspecified atom stereocenters. The van der Waals surface area contributed by atoms with Crippen molar-refractivity contribution >= 4 is 5.71 Å². The highest BCUT2D eigenvalue weighted by Gasteiger charge is 2.30. The fourth-order valence-corrected chi connectivity index (χ4v) is 2.77. The van der Waals surface area contributed by atoms with E-state index in [9.17, 15) is 0 Å². The van der Waals surface area contributed by atoms with Gasteiger partial charge in [-0.1, -0.05) is 19.1 Å². The number of hydrogen-bond donors (Lipinski definition) is 1. The number of nitrogens with one attached hydrogen (secondary N) is 1. The Morgan fingerprint density at radius 1 is 1.37 bits per heavy atom. The molecule has 1 aromatic heterocycles. The van der Waals surface area contributed by atoms with Crippen LogP contribution in [-0.2, 0) is 6.54 Å². The zero-order chi connectivity index (χ0) is 13.2. The molecule has 2 atom stereocenters. The first-order valence-electron chi connectivity index (χ1n) is 6.84. The van der Waals surface area contributed by atoms with E-state index in [1.165, 1.54) is 23.4 Å². The largest absolute Gasteiger partial charge is 0.378 e. The third-order valence-corrected chi connectivity index (χ3v) is 3.81. The predicted octanol–water partition coefficient (Wildman–Crippen LogP) is 3.07. The highest BCUT2D eigenvalue weighted by Crippen LogP contribution is 2.33. The highest BCUT2D eigenvalue weighted by atomic mass is 14.9. The molecule has 2 heterocycles. The molecule has 2 aliphatic rings. The van der Waals surface area contributed by atoms with Crippen molar-refractivity contribution in [1.29, 1.82) is 0 Å². The molecule has 0 fully saturated rings. The standard InChI is InChI=1S/C16H19N3/c1-11-7-14-12(2)9-19-16(14)15(8-11)18-10-13-5-3-4-6-17-13/h3-6,8-9,11,14,18H,7,10H2,1-2H3. The van der Waals surface area contributed by atoms with Gasteiger partial charge in [0.2, 0.25) is 0 Å². The second-order valence-corrected chi connectivity index (χ2v) is 5.41. The van der Waals surface area contributed by atoms with Gasteiger partial charge in [-0.2, -0.15) is 0 Å². The average molecular weight is 253 g/mol. The molecule has 1 aliphatic heterocycles. The summed E-state index contributed by atoms with van der Waals surface area (Å²) in [6, 6.07) is 6.00. The molecule has 0 spiro atoms. The minimum Gasteiger partial charge on any atom is -0.378 e. The minimum atomic E-state index is 0.506. The molecular weight excluding hydrogens is 234 g/mol. The molecule has 0 saturated carbocycles. The number of aromatic nitrogens is 1. The summed E-state index contributed by atoms with van der Waals surface area (Å²) < 4.78 is 0. The summed E-state index contributed by atoms with van der Waals surface area (Å²) in [4.78, 5) is 8.91. The van der Waals surface area contributed by atoms with E-state index < -0.39 is 0 Å². The van der Waals surface area contributed by atoms with Crippen LogP contribution in [0.25, 0.3) is 0 Å². The fraction of sp³-hybridized carbons (Fsp3) is 0.375. The zero-order valence-corrected chi connectivity index (χ0v) is 11.4. The summed E-state index contributed by atoms with van der Waals surface area (Å²) in [5, 5.41) is 3.49. The lowest BCUT2D eigenvalue weighted by Gasteiger charge is -2.26. The highest BCUT2D eigenvalue weighted by molar-refractivity contribution is 6.05. The van der Waals surface area contributed by atoms with Crippen molar-refractivity contribution in [3.63, 3.8) is 0 Å². The summed E-state index contributed by atoms with van der Waals surface area (Å²) in [5.41, 5.74) is 4.82. The van der Waals surface area contributed by atoms with E-state index in [1.54, 1.807) is 0 Å². The van der Waals surface area contributed by atoms with E-state index in [4.69, 9.17) is 0 Å². The van der Waals surface area contributed by atoms with E-state index in [1.807, 2.05) is 30.6 Å². The number of aliphatic imine (C=N–C) groups is 1. The SMILES string of the molecule is CC1=CN=C2C(NCc3ccccn3)=CC(C)CC12. The van der Waals surface area contributed by atoms with Gasteiger partial charge in [-0.25, -0.2) is 0 Å².